The molecule has 5 nitrogen and oxygen atoms in total. The molecule has 20 heavy (non-hydrogen) atoms. The second kappa shape index (κ2) is 5.44. The minimum absolute atomic E-state index is 0.111. The number of hydrogen-bond donors (Lipinski definition) is 1. The van der Waals surface area contributed by atoms with E-state index >= 15 is 0 Å². The van der Waals surface area contributed by atoms with Crippen molar-refractivity contribution < 1.29 is 13.2 Å². The molecule has 1 amide bonds. The van der Waals surface area contributed by atoms with Crippen molar-refractivity contribution in [2.45, 2.75) is 32.7 Å². The molecule has 0 saturated heterocycles. The highest BCUT2D eigenvalue weighted by molar-refractivity contribution is 7.92. The predicted octanol–water partition coefficient (Wildman–Crippen LogP) is 1.54. The number of sulfonamides is 1. The van der Waals surface area contributed by atoms with Gasteiger partial charge in [-0.25, -0.2) is 8.42 Å². The molecule has 1 aliphatic heterocycles. The second-order valence-electron chi connectivity index (χ2n) is 5.21. The fraction of sp³-hybridized carbons (Fsp3) is 0.500. The molecule has 0 radical (unpaired) electrons. The standard InChI is InChI=1S/C14H20N2O3S/c1-4-10(2)15-14(17)12-5-6-13-11(9-12)7-8-16(13)20(3,18)19/h5-6,9-10H,4,7-8H2,1-3H3,(H,15,17)/t10-/m0/s1. The van der Waals surface area contributed by atoms with Gasteiger partial charge in [0.1, 0.15) is 0 Å². The summed E-state index contributed by atoms with van der Waals surface area (Å²) >= 11 is 0. The minimum atomic E-state index is -3.24. The van der Waals surface area contributed by atoms with Gasteiger partial charge in [0, 0.05) is 18.2 Å². The van der Waals surface area contributed by atoms with E-state index in [1.165, 1.54) is 10.6 Å². The van der Waals surface area contributed by atoms with Gasteiger partial charge in [0.15, 0.2) is 0 Å². The van der Waals surface area contributed by atoms with Crippen LogP contribution in [0.15, 0.2) is 18.2 Å². The van der Waals surface area contributed by atoms with E-state index in [4.69, 9.17) is 0 Å². The third-order valence-corrected chi connectivity index (χ3v) is 4.76. The first-order valence-electron chi connectivity index (χ1n) is 6.74. The van der Waals surface area contributed by atoms with Crippen molar-refractivity contribution >= 4 is 21.6 Å². The number of rotatable bonds is 4. The molecule has 1 aromatic rings. The predicted molar refractivity (Wildman–Crippen MR) is 79.6 cm³/mol. The number of nitrogens with zero attached hydrogens (tertiary/aromatic N) is 1. The summed E-state index contributed by atoms with van der Waals surface area (Å²) in [6.45, 7) is 4.42. The zero-order valence-corrected chi connectivity index (χ0v) is 12.8. The molecule has 0 aromatic heterocycles. The van der Waals surface area contributed by atoms with Crippen LogP contribution in [0.4, 0.5) is 5.69 Å². The van der Waals surface area contributed by atoms with Crippen LogP contribution in [0.1, 0.15) is 36.2 Å². The number of amides is 1. The summed E-state index contributed by atoms with van der Waals surface area (Å²) in [6.07, 6.45) is 2.72. The van der Waals surface area contributed by atoms with Crippen LogP contribution >= 0.6 is 0 Å². The molecule has 0 fully saturated rings. The van der Waals surface area contributed by atoms with E-state index in [1.54, 1.807) is 18.2 Å². The molecule has 1 aliphatic rings. The van der Waals surface area contributed by atoms with Crippen LogP contribution in [0.3, 0.4) is 0 Å². The summed E-state index contributed by atoms with van der Waals surface area (Å²) in [4.78, 5) is 12.0. The van der Waals surface area contributed by atoms with E-state index in [1.807, 2.05) is 13.8 Å². The molecule has 0 bridgehead atoms. The van der Waals surface area contributed by atoms with Crippen LogP contribution in [0, 0.1) is 0 Å². The molecule has 0 saturated carbocycles. The summed E-state index contributed by atoms with van der Waals surface area (Å²) in [5.41, 5.74) is 2.18. The lowest BCUT2D eigenvalue weighted by atomic mass is 10.1. The fourth-order valence-corrected chi connectivity index (χ4v) is 3.22. The third-order valence-electron chi connectivity index (χ3n) is 3.58. The van der Waals surface area contributed by atoms with E-state index in [2.05, 4.69) is 5.32 Å². The van der Waals surface area contributed by atoms with Gasteiger partial charge in [0.2, 0.25) is 10.0 Å². The fourth-order valence-electron chi connectivity index (χ4n) is 2.27. The summed E-state index contributed by atoms with van der Waals surface area (Å²) in [7, 11) is -3.24. The van der Waals surface area contributed by atoms with E-state index in [-0.39, 0.29) is 11.9 Å². The smallest absolute Gasteiger partial charge is 0.251 e. The maximum atomic E-state index is 12.0. The van der Waals surface area contributed by atoms with Crippen LogP contribution in [-0.2, 0) is 16.4 Å². The Balaban J connectivity index is 2.24. The van der Waals surface area contributed by atoms with Crippen molar-refractivity contribution in [1.82, 2.24) is 5.32 Å². The maximum Gasteiger partial charge on any atom is 0.251 e. The van der Waals surface area contributed by atoms with Gasteiger partial charge in [0.05, 0.1) is 11.9 Å². The monoisotopic (exact) mass is 296 g/mol. The first-order valence-corrected chi connectivity index (χ1v) is 8.59. The number of fused-ring (bicyclic) bond motifs is 1. The van der Waals surface area contributed by atoms with E-state index in [0.717, 1.165) is 12.0 Å². The Labute approximate surface area is 120 Å². The van der Waals surface area contributed by atoms with Crippen LogP contribution in [-0.4, -0.2) is 33.2 Å². The molecule has 1 aromatic carbocycles. The van der Waals surface area contributed by atoms with Crippen molar-refractivity contribution in [1.29, 1.82) is 0 Å². The highest BCUT2D eigenvalue weighted by Crippen LogP contribution is 2.30. The molecular weight excluding hydrogens is 276 g/mol. The summed E-state index contributed by atoms with van der Waals surface area (Å²) in [5, 5.41) is 2.91. The molecule has 1 heterocycles. The van der Waals surface area contributed by atoms with Gasteiger partial charge in [-0.3, -0.25) is 9.10 Å². The lowest BCUT2D eigenvalue weighted by Crippen LogP contribution is -2.32. The molecule has 0 unspecified atom stereocenters. The molecule has 1 atom stereocenters. The molecule has 6 heteroatoms. The van der Waals surface area contributed by atoms with E-state index < -0.39 is 10.0 Å². The Morgan fingerprint density at radius 3 is 2.75 bits per heavy atom. The maximum absolute atomic E-state index is 12.0. The highest BCUT2D eigenvalue weighted by atomic mass is 32.2. The van der Waals surface area contributed by atoms with Crippen molar-refractivity contribution in [3.8, 4) is 0 Å². The van der Waals surface area contributed by atoms with Crippen LogP contribution in [0.2, 0.25) is 0 Å². The van der Waals surface area contributed by atoms with Gasteiger partial charge < -0.3 is 5.32 Å². The topological polar surface area (TPSA) is 66.5 Å². The average molecular weight is 296 g/mol. The van der Waals surface area contributed by atoms with Crippen molar-refractivity contribution in [3.05, 3.63) is 29.3 Å². The second-order valence-corrected chi connectivity index (χ2v) is 7.12. The third kappa shape index (κ3) is 2.95. The van der Waals surface area contributed by atoms with E-state index in [9.17, 15) is 13.2 Å². The highest BCUT2D eigenvalue weighted by Gasteiger charge is 2.26. The van der Waals surface area contributed by atoms with Crippen LogP contribution < -0.4 is 9.62 Å². The number of hydrogen-bond acceptors (Lipinski definition) is 3. The Morgan fingerprint density at radius 2 is 2.15 bits per heavy atom. The first kappa shape index (κ1) is 14.8. The van der Waals surface area contributed by atoms with Crippen LogP contribution in [0.25, 0.3) is 0 Å². The Bertz CT molecular complexity index is 625. The Hall–Kier alpha value is -1.56. The van der Waals surface area contributed by atoms with Gasteiger partial charge in [-0.2, -0.15) is 0 Å². The summed E-state index contributed by atoms with van der Waals surface area (Å²) in [5.74, 6) is -0.111. The zero-order chi connectivity index (χ0) is 14.9. The number of nitrogens with one attached hydrogen (secondary N) is 1. The number of anilines is 1. The number of benzene rings is 1. The minimum Gasteiger partial charge on any atom is -0.350 e. The van der Waals surface area contributed by atoms with Gasteiger partial charge in [-0.05, 0) is 43.5 Å². The lowest BCUT2D eigenvalue weighted by Gasteiger charge is -2.17. The van der Waals surface area contributed by atoms with Crippen LogP contribution in [0.5, 0.6) is 0 Å². The molecule has 2 rings (SSSR count). The number of carbonyl (C=O) groups is 1. The van der Waals surface area contributed by atoms with Crippen molar-refractivity contribution in [2.24, 2.45) is 0 Å². The first-order chi connectivity index (χ1) is 9.32. The Kier molecular flexibility index (Phi) is 4.04. The van der Waals surface area contributed by atoms with Crippen molar-refractivity contribution in [3.63, 3.8) is 0 Å². The molecule has 0 aliphatic carbocycles. The van der Waals surface area contributed by atoms with Gasteiger partial charge in [-0.15, -0.1) is 0 Å². The van der Waals surface area contributed by atoms with E-state index in [0.29, 0.717) is 24.2 Å². The molecular formula is C14H20N2O3S. The van der Waals surface area contributed by atoms with Crippen molar-refractivity contribution in [2.75, 3.05) is 17.1 Å². The zero-order valence-electron chi connectivity index (χ0n) is 12.0. The molecule has 110 valence electrons. The molecule has 1 N–H and O–H groups in total. The SMILES string of the molecule is CC[C@H](C)NC(=O)c1ccc2c(c1)CCN2S(C)(=O)=O. The largest absolute Gasteiger partial charge is 0.350 e. The molecule has 0 spiro atoms. The average Bonchev–Trinajstić information content (AvgIpc) is 2.80. The normalized spacial score (nSPS) is 15.8. The number of carbonyl (C=O) groups excluding carboxylic acids is 1. The summed E-state index contributed by atoms with van der Waals surface area (Å²) < 4.78 is 24.7. The summed E-state index contributed by atoms with van der Waals surface area (Å²) in [6, 6.07) is 5.32. The van der Waals surface area contributed by atoms with Gasteiger partial charge >= 0.3 is 0 Å². The van der Waals surface area contributed by atoms with Gasteiger partial charge in [0.25, 0.3) is 5.91 Å². The lowest BCUT2D eigenvalue weighted by molar-refractivity contribution is 0.0939. The van der Waals surface area contributed by atoms with Gasteiger partial charge in [-0.1, -0.05) is 6.92 Å². The Morgan fingerprint density at radius 1 is 1.45 bits per heavy atom. The quantitative estimate of drug-likeness (QED) is 0.916.